The van der Waals surface area contributed by atoms with Crippen molar-refractivity contribution in [2.45, 2.75) is 86.3 Å². The average Bonchev–Trinajstić information content (AvgIpc) is 3.79. The van der Waals surface area contributed by atoms with E-state index in [1.165, 1.54) is 43.5 Å². The first kappa shape index (κ1) is 52.2. The summed E-state index contributed by atoms with van der Waals surface area (Å²) < 4.78 is 125. The predicted molar refractivity (Wildman–Crippen MR) is 237 cm³/mol. The van der Waals surface area contributed by atoms with Gasteiger partial charge >= 0.3 is 5.97 Å². The maximum absolute atomic E-state index is 14.4. The molecule has 2 atom stereocenters. The fourth-order valence-electron chi connectivity index (χ4n) is 8.93. The number of carbonyl (C=O) groups is 4. The molecule has 0 spiro atoms. The zero-order valence-corrected chi connectivity index (χ0v) is 40.2. The van der Waals surface area contributed by atoms with Crippen molar-refractivity contribution in [3.8, 4) is 0 Å². The standard InChI is InChI=1S/C44H53N3O18S3/c1-5-45-34-11-9-28(67(56,57)58)24-32(34)43(2,15-7-23-66(53,54)55)36(45)26-30-41(51)31(42(30)52)27-37-44(3,16-18-63-21-22-64-20-19-62-4)33-25-29(68(59,60)61)10-12-35(33)46(37)17-6-8-40(50)65-47-38(48)13-14-39(47)49/h9-12,24-27H,5-8,13-23H2,1-4H3,(H3-,51,52,53,54,55,56,57,58,59,60,61)/p-1. The van der Waals surface area contributed by atoms with E-state index in [9.17, 15) is 63.2 Å². The number of amides is 2. The molecule has 0 aromatic heterocycles. The van der Waals surface area contributed by atoms with Crippen LogP contribution in [0.25, 0.3) is 0 Å². The van der Waals surface area contributed by atoms with E-state index < -0.39 is 86.1 Å². The highest BCUT2D eigenvalue weighted by molar-refractivity contribution is 7.86. The number of carbonyl (C=O) groups excluding carboxylic acids is 4. The lowest BCUT2D eigenvalue weighted by Gasteiger charge is -2.31. The Morgan fingerprint density at radius 2 is 1.43 bits per heavy atom. The number of aliphatic hydroxyl groups is 1. The van der Waals surface area contributed by atoms with Crippen LogP contribution in [0.1, 0.15) is 76.8 Å². The lowest BCUT2D eigenvalue weighted by Crippen LogP contribution is -2.35. The smallest absolute Gasteiger partial charge is 0.333 e. The molecular formula is C44H52N3O18S3-. The third-order valence-electron chi connectivity index (χ3n) is 12.5. The molecule has 2 aromatic carbocycles. The number of anilines is 1. The molecular weight excluding hydrogens is 955 g/mol. The number of ether oxygens (including phenoxy) is 3. The first-order valence-corrected chi connectivity index (χ1v) is 26.0. The lowest BCUT2D eigenvalue weighted by atomic mass is 9.74. The van der Waals surface area contributed by atoms with Crippen molar-refractivity contribution in [2.24, 2.45) is 0 Å². The van der Waals surface area contributed by atoms with Gasteiger partial charge in [-0.15, -0.1) is 5.06 Å². The number of hydroxylamine groups is 2. The zero-order chi connectivity index (χ0) is 50.0. The van der Waals surface area contributed by atoms with Gasteiger partial charge in [0.1, 0.15) is 32.5 Å². The van der Waals surface area contributed by atoms with Crippen molar-refractivity contribution < 1.29 is 86.8 Å². The molecule has 21 nitrogen and oxygen atoms in total. The van der Waals surface area contributed by atoms with Crippen molar-refractivity contribution >= 4 is 71.0 Å². The Kier molecular flexibility index (Phi) is 15.7. The molecule has 370 valence electrons. The number of methoxy groups -OCH3 is 1. The van der Waals surface area contributed by atoms with Crippen LogP contribution in [0.3, 0.4) is 0 Å². The Morgan fingerprint density at radius 1 is 0.824 bits per heavy atom. The third kappa shape index (κ3) is 11.0. The number of ketones is 1. The molecule has 2 aromatic rings. The second-order valence-electron chi connectivity index (χ2n) is 16.9. The summed E-state index contributed by atoms with van der Waals surface area (Å²) in [4.78, 5) is 57.1. The maximum atomic E-state index is 14.4. The van der Waals surface area contributed by atoms with Gasteiger partial charge in [0, 0.05) is 74.0 Å². The molecule has 2 N–H and O–H groups in total. The highest BCUT2D eigenvalue weighted by Gasteiger charge is 2.50. The van der Waals surface area contributed by atoms with E-state index in [0.717, 1.165) is 12.1 Å². The highest BCUT2D eigenvalue weighted by Crippen LogP contribution is 2.52. The van der Waals surface area contributed by atoms with Crippen LogP contribution in [0.5, 0.6) is 0 Å². The molecule has 24 heteroatoms. The number of hydrogen-bond donors (Lipinski definition) is 2. The van der Waals surface area contributed by atoms with Crippen LogP contribution in [0, 0.1) is 0 Å². The van der Waals surface area contributed by atoms with Crippen LogP contribution in [0.2, 0.25) is 0 Å². The number of rotatable bonds is 23. The van der Waals surface area contributed by atoms with E-state index in [4.69, 9.17) is 19.0 Å². The first-order valence-electron chi connectivity index (χ1n) is 21.6. The van der Waals surface area contributed by atoms with Gasteiger partial charge in [-0.2, -0.15) is 13.0 Å². The summed E-state index contributed by atoms with van der Waals surface area (Å²) in [6.45, 7) is 6.51. The van der Waals surface area contributed by atoms with E-state index in [1.54, 1.807) is 30.2 Å². The van der Waals surface area contributed by atoms with Crippen LogP contribution in [0.15, 0.2) is 80.9 Å². The number of fused-ring (bicyclic) bond motifs is 2. The predicted octanol–water partition coefficient (Wildman–Crippen LogP) is 2.98. The number of likely N-dealkylation sites (N-methyl/N-ethyl adjacent to an activating group) is 1. The average molecular weight is 1010 g/mol. The SMILES string of the molecule is CCN1C(=CC2=C(O)C(=CC3=[N+](CCCC(=O)ON4C(=O)CCC4=O)c4ccc(S(=O)(=O)[O-])cc4C3(C)CCOCCOCCOC)C2=O)C(C)(CCCS(=O)(=O)O)c2cc(S(=O)(=O)[O-])ccc21. The minimum Gasteiger partial charge on any atom is -0.744 e. The second kappa shape index (κ2) is 20.4. The Hall–Kier alpha value is -5.18. The minimum absolute atomic E-state index is 0.00135. The second-order valence-corrected chi connectivity index (χ2v) is 21.2. The molecule has 0 bridgehead atoms. The van der Waals surface area contributed by atoms with Crippen molar-refractivity contribution in [3.05, 3.63) is 82.3 Å². The normalized spacial score (nSPS) is 22.0. The number of nitrogens with zero attached hydrogens (tertiary/aromatic N) is 3. The molecule has 6 rings (SSSR count). The number of benzene rings is 2. The summed E-state index contributed by atoms with van der Waals surface area (Å²) in [5, 5.41) is 12.2. The Bertz CT molecular complexity index is 2860. The summed E-state index contributed by atoms with van der Waals surface area (Å²) in [5.41, 5.74) is -0.640. The fraction of sp³-hybridized carbons (Fsp3) is 0.477. The Morgan fingerprint density at radius 3 is 2.01 bits per heavy atom. The van der Waals surface area contributed by atoms with E-state index in [0.29, 0.717) is 52.2 Å². The van der Waals surface area contributed by atoms with Gasteiger partial charge < -0.3 is 38.2 Å². The Balaban J connectivity index is 1.43. The van der Waals surface area contributed by atoms with E-state index in [2.05, 4.69) is 0 Å². The van der Waals surface area contributed by atoms with Crippen LogP contribution < -0.4 is 4.90 Å². The van der Waals surface area contributed by atoms with Gasteiger partial charge in [-0.05, 0) is 82.0 Å². The minimum atomic E-state index is -4.98. The number of aliphatic hydroxyl groups excluding tert-OH is 1. The molecule has 4 aliphatic rings. The molecule has 3 heterocycles. The zero-order valence-electron chi connectivity index (χ0n) is 37.7. The number of Topliss-reactive ketones (excluding diaryl/α,β-unsaturated/α-hetero) is 1. The van der Waals surface area contributed by atoms with E-state index in [-0.39, 0.29) is 89.0 Å². The fourth-order valence-corrected chi connectivity index (χ4v) is 10.4. The van der Waals surface area contributed by atoms with Crippen molar-refractivity contribution in [1.29, 1.82) is 0 Å². The quantitative estimate of drug-likeness (QED) is 0.0531. The first-order chi connectivity index (χ1) is 31.9. The molecule has 3 aliphatic heterocycles. The Labute approximate surface area is 393 Å². The summed E-state index contributed by atoms with van der Waals surface area (Å²) in [5.74, 6) is -4.00. The van der Waals surface area contributed by atoms with Crippen LogP contribution >= 0.6 is 0 Å². The van der Waals surface area contributed by atoms with Crippen LogP contribution in [0.4, 0.5) is 11.4 Å². The summed E-state index contributed by atoms with van der Waals surface area (Å²) in [7, 11) is -12.8. The van der Waals surface area contributed by atoms with Gasteiger partial charge in [-0.3, -0.25) is 18.9 Å². The topological polar surface area (TPSA) is 304 Å². The van der Waals surface area contributed by atoms with Gasteiger partial charge in [0.25, 0.3) is 21.9 Å². The molecule has 0 radical (unpaired) electrons. The molecule has 1 fully saturated rings. The van der Waals surface area contributed by atoms with Crippen LogP contribution in [-0.2, 0) is 79.4 Å². The van der Waals surface area contributed by atoms with Gasteiger partial charge in [-0.1, -0.05) is 0 Å². The van der Waals surface area contributed by atoms with Crippen molar-refractivity contribution in [1.82, 2.24) is 5.06 Å². The number of allylic oxidation sites excluding steroid dienone is 5. The highest BCUT2D eigenvalue weighted by atomic mass is 32.2. The van der Waals surface area contributed by atoms with Crippen LogP contribution in [-0.4, -0.2) is 142 Å². The molecule has 2 amide bonds. The largest absolute Gasteiger partial charge is 0.744 e. The molecule has 1 saturated heterocycles. The van der Waals surface area contributed by atoms with Gasteiger partial charge in [0.15, 0.2) is 5.71 Å². The van der Waals surface area contributed by atoms with Crippen molar-refractivity contribution in [3.63, 3.8) is 0 Å². The molecule has 68 heavy (non-hydrogen) atoms. The maximum Gasteiger partial charge on any atom is 0.333 e. The number of imide groups is 1. The summed E-state index contributed by atoms with van der Waals surface area (Å²) >= 11 is 0. The summed E-state index contributed by atoms with van der Waals surface area (Å²) in [6.07, 6.45) is 2.31. The molecule has 2 unspecified atom stereocenters. The monoisotopic (exact) mass is 1010 g/mol. The van der Waals surface area contributed by atoms with Gasteiger partial charge in [0.05, 0.1) is 65.0 Å². The molecule has 1 aliphatic carbocycles. The van der Waals surface area contributed by atoms with Crippen molar-refractivity contribution in [2.75, 3.05) is 63.9 Å². The third-order valence-corrected chi connectivity index (χ3v) is 14.9. The lowest BCUT2D eigenvalue weighted by molar-refractivity contribution is -0.438. The number of hydrogen-bond acceptors (Lipinski definition) is 18. The van der Waals surface area contributed by atoms with E-state index in [1.807, 2.05) is 0 Å². The van der Waals surface area contributed by atoms with E-state index >= 15 is 0 Å². The van der Waals surface area contributed by atoms with Gasteiger partial charge in [0.2, 0.25) is 11.5 Å². The van der Waals surface area contributed by atoms with Gasteiger partial charge in [-0.25, -0.2) is 21.6 Å². The molecule has 0 saturated carbocycles. The summed E-state index contributed by atoms with van der Waals surface area (Å²) in [6, 6.07) is 7.49.